The minimum Gasteiger partial charge on any atom is -0.497 e. The van der Waals surface area contributed by atoms with Crippen molar-refractivity contribution in [1.82, 2.24) is 4.31 Å². The summed E-state index contributed by atoms with van der Waals surface area (Å²) < 4.78 is 54.9. The Labute approximate surface area is 311 Å². The first kappa shape index (κ1) is 36.3. The highest BCUT2D eigenvalue weighted by atomic mass is 35.5. The Bertz CT molecular complexity index is 1960. The third kappa shape index (κ3) is 7.27. The van der Waals surface area contributed by atoms with Gasteiger partial charge in [0.2, 0.25) is 10.0 Å². The van der Waals surface area contributed by atoms with Gasteiger partial charge in [0, 0.05) is 24.7 Å². The molecule has 0 radical (unpaired) electrons. The topological polar surface area (TPSA) is 97.8 Å². The molecule has 52 heavy (non-hydrogen) atoms. The molecule has 4 aromatic rings. The van der Waals surface area contributed by atoms with E-state index in [0.29, 0.717) is 47.7 Å². The number of nitrogens with zero attached hydrogens (tertiary/aromatic N) is 2. The smallest absolute Gasteiger partial charge is 0.243 e. The second-order valence-corrected chi connectivity index (χ2v) is 16.3. The highest BCUT2D eigenvalue weighted by Crippen LogP contribution is 2.45. The quantitative estimate of drug-likeness (QED) is 0.155. The van der Waals surface area contributed by atoms with Crippen LogP contribution in [0.2, 0.25) is 5.02 Å². The lowest BCUT2D eigenvalue weighted by atomic mass is 9.70. The number of hydrogen-bond donors (Lipinski definition) is 1. The van der Waals surface area contributed by atoms with Crippen LogP contribution in [0, 0.1) is 11.8 Å². The molecule has 2 aliphatic heterocycles. The fourth-order valence-electron chi connectivity index (χ4n) is 7.69. The predicted octanol–water partition coefficient (Wildman–Crippen LogP) is 6.99. The number of aliphatic hydroxyl groups excluding tert-OH is 1. The molecule has 7 rings (SSSR count). The first-order valence-corrected chi connectivity index (χ1v) is 19.5. The van der Waals surface area contributed by atoms with Crippen molar-refractivity contribution in [1.29, 1.82) is 0 Å². The first-order chi connectivity index (χ1) is 25.1. The normalized spacial score (nSPS) is 21.7. The molecule has 1 spiro atoms. The highest BCUT2D eigenvalue weighted by Gasteiger charge is 2.45. The fourth-order valence-corrected chi connectivity index (χ4v) is 9.33. The van der Waals surface area contributed by atoms with Crippen molar-refractivity contribution in [2.75, 3.05) is 45.4 Å². The average molecular weight is 745 g/mol. The van der Waals surface area contributed by atoms with E-state index in [1.807, 2.05) is 66.7 Å². The zero-order chi connectivity index (χ0) is 36.5. The molecular formula is C41H45ClN2O7S. The van der Waals surface area contributed by atoms with Crippen LogP contribution >= 0.6 is 11.6 Å². The molecule has 9 nitrogen and oxygen atoms in total. The van der Waals surface area contributed by atoms with Gasteiger partial charge in [-0.2, -0.15) is 4.31 Å². The van der Waals surface area contributed by atoms with Crippen LogP contribution in [0.5, 0.6) is 17.2 Å². The zero-order valence-corrected chi connectivity index (χ0v) is 31.1. The maximum absolute atomic E-state index is 14.8. The second-order valence-electron chi connectivity index (χ2n) is 13.9. The molecule has 0 aromatic heterocycles. The molecule has 1 N–H and O–H groups in total. The second kappa shape index (κ2) is 15.1. The monoisotopic (exact) mass is 744 g/mol. The van der Waals surface area contributed by atoms with E-state index < -0.39 is 21.7 Å². The van der Waals surface area contributed by atoms with Gasteiger partial charge in [-0.05, 0) is 108 Å². The number of anilines is 1. The summed E-state index contributed by atoms with van der Waals surface area (Å²) in [6.07, 6.45) is 3.57. The first-order valence-electron chi connectivity index (χ1n) is 17.6. The number of rotatable bonds is 12. The molecule has 1 fully saturated rings. The van der Waals surface area contributed by atoms with E-state index in [-0.39, 0.29) is 36.4 Å². The Morgan fingerprint density at radius 3 is 2.25 bits per heavy atom. The standard InChI is InChI=1S/C41H45ClN2O7S/c1-4-39(45)36-16-9-31(36)25-43-26-41(37-17-10-32(42)21-30(37)19-20-51-41)27-50-40-18-15-35(22-38(40)43)52(46,47)44(23-28-5-11-33(48-2)12-6-28)24-29-7-13-34(49-3)14-8-29/h4-8,10-15,17-18,21-22,31,36,39,45H,1,9,16,19-20,23-27H2,2-3H3/t31-,36+,39?,41+/m0/s1. The van der Waals surface area contributed by atoms with Crippen molar-refractivity contribution in [2.24, 2.45) is 11.8 Å². The van der Waals surface area contributed by atoms with Gasteiger partial charge in [0.1, 0.15) is 29.5 Å². The Morgan fingerprint density at radius 2 is 1.65 bits per heavy atom. The van der Waals surface area contributed by atoms with Crippen molar-refractivity contribution in [2.45, 2.75) is 49.0 Å². The van der Waals surface area contributed by atoms with Crippen LogP contribution in [0.3, 0.4) is 0 Å². The molecular weight excluding hydrogens is 700 g/mol. The van der Waals surface area contributed by atoms with Crippen LogP contribution in [-0.2, 0) is 39.9 Å². The molecule has 274 valence electrons. The molecule has 1 unspecified atom stereocenters. The summed E-state index contributed by atoms with van der Waals surface area (Å²) >= 11 is 6.42. The number of halogens is 1. The number of methoxy groups -OCH3 is 2. The van der Waals surface area contributed by atoms with Crippen LogP contribution in [0.4, 0.5) is 5.69 Å². The lowest BCUT2D eigenvalue weighted by Crippen LogP contribution is -2.51. The third-order valence-electron chi connectivity index (χ3n) is 10.8. The largest absolute Gasteiger partial charge is 0.497 e. The maximum atomic E-state index is 14.8. The number of hydrogen-bond acceptors (Lipinski definition) is 8. The van der Waals surface area contributed by atoms with E-state index in [0.717, 1.165) is 41.5 Å². The van der Waals surface area contributed by atoms with Gasteiger partial charge in [0.25, 0.3) is 0 Å². The summed E-state index contributed by atoms with van der Waals surface area (Å²) in [5, 5.41) is 11.4. The van der Waals surface area contributed by atoms with Crippen LogP contribution in [0.15, 0.2) is 102 Å². The number of ether oxygens (including phenoxy) is 4. The predicted molar refractivity (Wildman–Crippen MR) is 202 cm³/mol. The van der Waals surface area contributed by atoms with Gasteiger partial charge in [0.15, 0.2) is 0 Å². The van der Waals surface area contributed by atoms with Crippen LogP contribution in [0.25, 0.3) is 0 Å². The van der Waals surface area contributed by atoms with Crippen molar-refractivity contribution in [3.8, 4) is 17.2 Å². The van der Waals surface area contributed by atoms with Gasteiger partial charge in [-0.1, -0.05) is 48.0 Å². The van der Waals surface area contributed by atoms with Crippen molar-refractivity contribution in [3.63, 3.8) is 0 Å². The molecule has 0 amide bonds. The average Bonchev–Trinajstić information content (AvgIpc) is 3.30. The van der Waals surface area contributed by atoms with Gasteiger partial charge in [-0.25, -0.2) is 8.42 Å². The molecule has 3 aliphatic rings. The van der Waals surface area contributed by atoms with Crippen LogP contribution in [-0.4, -0.2) is 64.5 Å². The van der Waals surface area contributed by atoms with Gasteiger partial charge in [-0.15, -0.1) is 6.58 Å². The molecule has 11 heteroatoms. The number of fused-ring (bicyclic) bond motifs is 3. The summed E-state index contributed by atoms with van der Waals surface area (Å²) in [7, 11) is -0.841. The van der Waals surface area contributed by atoms with E-state index in [4.69, 9.17) is 30.5 Å². The van der Waals surface area contributed by atoms with E-state index in [1.54, 1.807) is 38.5 Å². The van der Waals surface area contributed by atoms with Crippen molar-refractivity contribution < 1.29 is 32.5 Å². The van der Waals surface area contributed by atoms with Crippen LogP contribution in [0.1, 0.15) is 35.1 Å². The zero-order valence-electron chi connectivity index (χ0n) is 29.5. The minimum absolute atomic E-state index is 0.0656. The Kier molecular flexibility index (Phi) is 10.6. The van der Waals surface area contributed by atoms with Crippen molar-refractivity contribution in [3.05, 3.63) is 125 Å². The third-order valence-corrected chi connectivity index (χ3v) is 12.8. The van der Waals surface area contributed by atoms with Crippen LogP contribution < -0.4 is 19.1 Å². The molecule has 0 saturated heterocycles. The van der Waals surface area contributed by atoms with Gasteiger partial charge in [0.05, 0.1) is 44.1 Å². The molecule has 4 aromatic carbocycles. The maximum Gasteiger partial charge on any atom is 0.243 e. The Hall–Kier alpha value is -4.06. The lowest BCUT2D eigenvalue weighted by Gasteiger charge is -2.45. The molecule has 1 aliphatic carbocycles. The van der Waals surface area contributed by atoms with Crippen molar-refractivity contribution >= 4 is 27.3 Å². The van der Waals surface area contributed by atoms with E-state index in [1.165, 1.54) is 4.31 Å². The molecule has 1 saturated carbocycles. The molecule has 2 heterocycles. The summed E-state index contributed by atoms with van der Waals surface area (Å²) in [5.41, 5.74) is 3.66. The Morgan fingerprint density at radius 1 is 0.981 bits per heavy atom. The summed E-state index contributed by atoms with van der Waals surface area (Å²) in [5.74, 6) is 2.21. The summed E-state index contributed by atoms with van der Waals surface area (Å²) in [6.45, 7) is 5.91. The number of sulfonamides is 1. The molecule has 4 atom stereocenters. The summed E-state index contributed by atoms with van der Waals surface area (Å²) in [4.78, 5) is 2.36. The van der Waals surface area contributed by atoms with E-state index >= 15 is 0 Å². The van der Waals surface area contributed by atoms with E-state index in [2.05, 4.69) is 11.5 Å². The minimum atomic E-state index is -4.04. The lowest BCUT2D eigenvalue weighted by molar-refractivity contribution is -0.0794. The fraction of sp³-hybridized carbons (Fsp3) is 0.366. The van der Waals surface area contributed by atoms with Gasteiger partial charge < -0.3 is 29.0 Å². The molecule has 0 bridgehead atoms. The Balaban J connectivity index is 1.27. The highest BCUT2D eigenvalue weighted by molar-refractivity contribution is 7.89. The van der Waals surface area contributed by atoms with Gasteiger partial charge >= 0.3 is 0 Å². The SMILES string of the molecule is C=CC(O)[C@@H]1CC[C@H]1CN1C[C@]2(COc3ccc(S(=O)(=O)N(Cc4ccc(OC)cc4)Cc4ccc(OC)cc4)cc31)OCCc1cc(Cl)ccc12. The number of benzene rings is 4. The van der Waals surface area contributed by atoms with Gasteiger partial charge in [-0.3, -0.25) is 0 Å². The summed E-state index contributed by atoms with van der Waals surface area (Å²) in [6, 6.07) is 25.9. The van der Waals surface area contributed by atoms with E-state index in [9.17, 15) is 13.5 Å². The number of aliphatic hydroxyl groups is 1.